The molecular formula is C14H21N3O2. The first-order valence-electron chi connectivity index (χ1n) is 6.63. The van der Waals surface area contributed by atoms with Gasteiger partial charge in [0.25, 0.3) is 0 Å². The molecule has 19 heavy (non-hydrogen) atoms. The lowest BCUT2D eigenvalue weighted by atomic mass is 10.1. The molecule has 0 aromatic carbocycles. The fraction of sp³-hybridized carbons (Fsp3) is 0.500. The molecule has 5 nitrogen and oxygen atoms in total. The summed E-state index contributed by atoms with van der Waals surface area (Å²) in [6.07, 6.45) is 7.03. The third-order valence-corrected chi connectivity index (χ3v) is 3.32. The third kappa shape index (κ3) is 3.24. The number of hydrogen-bond donors (Lipinski definition) is 2. The average Bonchev–Trinajstić information content (AvgIpc) is 3.06. The van der Waals surface area contributed by atoms with Crippen LogP contribution in [0.3, 0.4) is 0 Å². The molecule has 104 valence electrons. The van der Waals surface area contributed by atoms with E-state index in [-0.39, 0.29) is 18.7 Å². The van der Waals surface area contributed by atoms with Crippen molar-refractivity contribution in [1.29, 1.82) is 0 Å². The van der Waals surface area contributed by atoms with Gasteiger partial charge in [0.15, 0.2) is 0 Å². The predicted molar refractivity (Wildman–Crippen MR) is 72.7 cm³/mol. The van der Waals surface area contributed by atoms with Crippen LogP contribution in [-0.4, -0.2) is 27.3 Å². The molecule has 2 unspecified atom stereocenters. The van der Waals surface area contributed by atoms with Crippen molar-refractivity contribution in [1.82, 2.24) is 14.9 Å². The zero-order chi connectivity index (χ0) is 13.7. The van der Waals surface area contributed by atoms with Gasteiger partial charge in [0.1, 0.15) is 17.6 Å². The molecule has 0 saturated carbocycles. The van der Waals surface area contributed by atoms with Crippen molar-refractivity contribution in [2.45, 2.75) is 31.8 Å². The zero-order valence-electron chi connectivity index (χ0n) is 11.4. The number of imidazole rings is 1. The van der Waals surface area contributed by atoms with Gasteiger partial charge in [-0.25, -0.2) is 4.98 Å². The number of aliphatic hydroxyl groups is 1. The number of aliphatic hydroxyl groups excluding tert-OH is 1. The molecular weight excluding hydrogens is 242 g/mol. The van der Waals surface area contributed by atoms with E-state index < -0.39 is 0 Å². The summed E-state index contributed by atoms with van der Waals surface area (Å²) in [7, 11) is 1.97. The molecule has 0 radical (unpaired) electrons. The maximum atomic E-state index is 9.11. The lowest BCUT2D eigenvalue weighted by Gasteiger charge is -2.23. The van der Waals surface area contributed by atoms with Crippen LogP contribution in [0.25, 0.3) is 0 Å². The zero-order valence-corrected chi connectivity index (χ0v) is 11.4. The Morgan fingerprint density at radius 2 is 2.37 bits per heavy atom. The van der Waals surface area contributed by atoms with Crippen molar-refractivity contribution in [3.8, 4) is 0 Å². The Bertz CT molecular complexity index is 479. The molecule has 0 bridgehead atoms. The van der Waals surface area contributed by atoms with Gasteiger partial charge in [0.2, 0.25) is 0 Å². The lowest BCUT2D eigenvalue weighted by Crippen LogP contribution is -2.35. The summed E-state index contributed by atoms with van der Waals surface area (Å²) < 4.78 is 7.50. The Hall–Kier alpha value is -1.59. The molecule has 2 N–H and O–H groups in total. The highest BCUT2D eigenvalue weighted by Crippen LogP contribution is 2.22. The van der Waals surface area contributed by atoms with Crippen molar-refractivity contribution in [3.05, 3.63) is 42.4 Å². The fourth-order valence-corrected chi connectivity index (χ4v) is 2.19. The number of rotatable bonds is 7. The van der Waals surface area contributed by atoms with Gasteiger partial charge in [-0.15, -0.1) is 0 Å². The third-order valence-electron chi connectivity index (χ3n) is 3.32. The molecule has 2 aromatic heterocycles. The van der Waals surface area contributed by atoms with E-state index in [9.17, 15) is 0 Å². The van der Waals surface area contributed by atoms with Crippen LogP contribution in [0.1, 0.15) is 37.4 Å². The quantitative estimate of drug-likeness (QED) is 0.800. The predicted octanol–water partition coefficient (Wildman–Crippen LogP) is 1.85. The maximum absolute atomic E-state index is 9.11. The molecule has 0 aliphatic heterocycles. The van der Waals surface area contributed by atoms with Crippen LogP contribution in [0.5, 0.6) is 0 Å². The molecule has 0 amide bonds. The summed E-state index contributed by atoms with van der Waals surface area (Å²) in [6, 6.07) is 3.96. The molecule has 2 atom stereocenters. The van der Waals surface area contributed by atoms with Gasteiger partial charge >= 0.3 is 0 Å². The molecule has 2 rings (SSSR count). The van der Waals surface area contributed by atoms with Crippen molar-refractivity contribution in [2.75, 3.05) is 6.61 Å². The summed E-state index contributed by atoms with van der Waals surface area (Å²) in [5.41, 5.74) is 0. The van der Waals surface area contributed by atoms with Gasteiger partial charge in [-0.1, -0.05) is 6.92 Å². The van der Waals surface area contributed by atoms with Gasteiger partial charge in [-0.2, -0.15) is 0 Å². The monoisotopic (exact) mass is 263 g/mol. The van der Waals surface area contributed by atoms with Gasteiger partial charge in [0, 0.05) is 32.1 Å². The minimum absolute atomic E-state index is 0.0912. The summed E-state index contributed by atoms with van der Waals surface area (Å²) in [4.78, 5) is 4.40. The van der Waals surface area contributed by atoms with Crippen LogP contribution in [0, 0.1) is 0 Å². The Morgan fingerprint density at radius 1 is 1.53 bits per heavy atom. The normalized spacial score (nSPS) is 14.5. The van der Waals surface area contributed by atoms with E-state index >= 15 is 0 Å². The van der Waals surface area contributed by atoms with Crippen LogP contribution < -0.4 is 5.32 Å². The van der Waals surface area contributed by atoms with Crippen LogP contribution in [0.2, 0.25) is 0 Å². The number of nitrogens with zero attached hydrogens (tertiary/aromatic N) is 2. The van der Waals surface area contributed by atoms with Crippen LogP contribution in [0.4, 0.5) is 0 Å². The van der Waals surface area contributed by atoms with E-state index in [4.69, 9.17) is 9.52 Å². The van der Waals surface area contributed by atoms with Crippen molar-refractivity contribution in [3.63, 3.8) is 0 Å². The summed E-state index contributed by atoms with van der Waals surface area (Å²) in [5.74, 6) is 1.75. The second-order valence-corrected chi connectivity index (χ2v) is 4.63. The van der Waals surface area contributed by atoms with Crippen LogP contribution >= 0.6 is 0 Å². The fourth-order valence-electron chi connectivity index (χ4n) is 2.19. The standard InChI is InChI=1S/C14H21N3O2/c1-3-11(6-9-18)16-13(12-5-4-10-19-12)14-15-7-8-17(14)2/h4-5,7-8,10-11,13,16,18H,3,6,9H2,1-2H3. The highest BCUT2D eigenvalue weighted by atomic mass is 16.3. The first-order valence-corrected chi connectivity index (χ1v) is 6.63. The van der Waals surface area contributed by atoms with E-state index in [1.165, 1.54) is 0 Å². The van der Waals surface area contributed by atoms with E-state index in [0.29, 0.717) is 0 Å². The van der Waals surface area contributed by atoms with Crippen LogP contribution in [-0.2, 0) is 7.05 Å². The number of hydrogen-bond acceptors (Lipinski definition) is 4. The first kappa shape index (κ1) is 13.8. The Balaban J connectivity index is 2.23. The Labute approximate surface area is 113 Å². The first-order chi connectivity index (χ1) is 9.26. The Kier molecular flexibility index (Phi) is 4.76. The number of aromatic nitrogens is 2. The average molecular weight is 263 g/mol. The number of furan rings is 1. The lowest BCUT2D eigenvalue weighted by molar-refractivity contribution is 0.253. The van der Waals surface area contributed by atoms with Crippen molar-refractivity contribution < 1.29 is 9.52 Å². The largest absolute Gasteiger partial charge is 0.467 e. The molecule has 0 spiro atoms. The van der Waals surface area contributed by atoms with Crippen molar-refractivity contribution in [2.24, 2.45) is 7.05 Å². The van der Waals surface area contributed by atoms with Crippen LogP contribution in [0.15, 0.2) is 35.2 Å². The molecule has 0 fully saturated rings. The van der Waals surface area contributed by atoms with Gasteiger partial charge in [-0.3, -0.25) is 5.32 Å². The van der Waals surface area contributed by atoms with E-state index in [0.717, 1.165) is 24.4 Å². The molecule has 5 heteroatoms. The smallest absolute Gasteiger partial charge is 0.133 e. The Morgan fingerprint density at radius 3 is 2.89 bits per heavy atom. The molecule has 0 aliphatic carbocycles. The second kappa shape index (κ2) is 6.54. The summed E-state index contributed by atoms with van der Waals surface area (Å²) in [5, 5.41) is 12.6. The summed E-state index contributed by atoms with van der Waals surface area (Å²) >= 11 is 0. The molecule has 2 heterocycles. The highest BCUT2D eigenvalue weighted by molar-refractivity contribution is 5.16. The topological polar surface area (TPSA) is 63.2 Å². The SMILES string of the molecule is CCC(CCO)NC(c1ccco1)c1nccn1C. The van der Waals surface area contributed by atoms with Crippen molar-refractivity contribution >= 4 is 0 Å². The van der Waals surface area contributed by atoms with Gasteiger partial charge < -0.3 is 14.1 Å². The highest BCUT2D eigenvalue weighted by Gasteiger charge is 2.23. The maximum Gasteiger partial charge on any atom is 0.133 e. The summed E-state index contributed by atoms with van der Waals surface area (Å²) in [6.45, 7) is 2.28. The van der Waals surface area contributed by atoms with E-state index in [2.05, 4.69) is 17.2 Å². The number of aryl methyl sites for hydroxylation is 1. The minimum atomic E-state index is -0.0912. The minimum Gasteiger partial charge on any atom is -0.467 e. The second-order valence-electron chi connectivity index (χ2n) is 4.63. The molecule has 0 saturated heterocycles. The number of nitrogens with one attached hydrogen (secondary N) is 1. The van der Waals surface area contributed by atoms with E-state index in [1.54, 1.807) is 12.5 Å². The molecule has 2 aromatic rings. The molecule has 0 aliphatic rings. The van der Waals surface area contributed by atoms with E-state index in [1.807, 2.05) is 29.9 Å². The van der Waals surface area contributed by atoms with Gasteiger partial charge in [0.05, 0.1) is 6.26 Å². The van der Waals surface area contributed by atoms with Gasteiger partial charge in [-0.05, 0) is 25.0 Å².